The van der Waals surface area contributed by atoms with Crippen LogP contribution in [0, 0.1) is 5.92 Å². The van der Waals surface area contributed by atoms with E-state index < -0.39 is 23.6 Å². The molecule has 29 heavy (non-hydrogen) atoms. The summed E-state index contributed by atoms with van der Waals surface area (Å²) in [7, 11) is 0. The summed E-state index contributed by atoms with van der Waals surface area (Å²) in [5.41, 5.74) is 0.936. The predicted molar refractivity (Wildman–Crippen MR) is 105 cm³/mol. The van der Waals surface area contributed by atoms with Gasteiger partial charge in [0.2, 0.25) is 5.91 Å². The lowest BCUT2D eigenvalue weighted by atomic mass is 9.96. The van der Waals surface area contributed by atoms with Crippen molar-refractivity contribution in [2.24, 2.45) is 5.92 Å². The molecule has 2 amide bonds. The van der Waals surface area contributed by atoms with Crippen LogP contribution in [0.25, 0.3) is 0 Å². The molecule has 1 atom stereocenters. The Labute approximate surface area is 167 Å². The first kappa shape index (κ1) is 20.9. The number of nitrogens with one attached hydrogen (secondary N) is 1. The van der Waals surface area contributed by atoms with Crippen LogP contribution in [0.2, 0.25) is 0 Å². The summed E-state index contributed by atoms with van der Waals surface area (Å²) in [6.45, 7) is 2.64. The zero-order valence-corrected chi connectivity index (χ0v) is 16.1. The number of anilines is 1. The standard InChI is InChI=1S/C22H23F3N2O2/c1-2-15-6-3-10-19(12-15)26-20(28)17-8-5-11-27(14-17)21(29)16-7-4-9-18(13-16)22(23,24)25/h3-4,6-7,9-10,12-13,17H,2,5,8,11,14H2,1H3,(H,26,28)/t17-/m0/s1. The van der Waals surface area contributed by atoms with Gasteiger partial charge in [0, 0.05) is 24.3 Å². The quantitative estimate of drug-likeness (QED) is 0.799. The average molecular weight is 404 g/mol. The second-order valence-electron chi connectivity index (χ2n) is 7.21. The highest BCUT2D eigenvalue weighted by molar-refractivity contribution is 5.96. The number of carbonyl (C=O) groups excluding carboxylic acids is 2. The third kappa shape index (κ3) is 5.16. The summed E-state index contributed by atoms with van der Waals surface area (Å²) in [6, 6.07) is 12.0. The van der Waals surface area contributed by atoms with Gasteiger partial charge in [-0.3, -0.25) is 9.59 Å². The molecule has 0 spiro atoms. The Morgan fingerprint density at radius 1 is 1.14 bits per heavy atom. The Morgan fingerprint density at radius 3 is 2.62 bits per heavy atom. The molecular formula is C22H23F3N2O2. The maximum atomic E-state index is 12.9. The number of aryl methyl sites for hydroxylation is 1. The molecule has 4 nitrogen and oxygen atoms in total. The van der Waals surface area contributed by atoms with Crippen LogP contribution in [0.15, 0.2) is 48.5 Å². The number of carbonyl (C=O) groups is 2. The number of likely N-dealkylation sites (tertiary alicyclic amines) is 1. The third-order valence-corrected chi connectivity index (χ3v) is 5.12. The van der Waals surface area contributed by atoms with E-state index in [9.17, 15) is 22.8 Å². The Balaban J connectivity index is 1.68. The van der Waals surface area contributed by atoms with E-state index in [-0.39, 0.29) is 18.0 Å². The number of halogens is 3. The minimum Gasteiger partial charge on any atom is -0.338 e. The summed E-state index contributed by atoms with van der Waals surface area (Å²) in [5, 5.41) is 2.89. The van der Waals surface area contributed by atoms with Gasteiger partial charge in [-0.05, 0) is 55.2 Å². The molecule has 0 bridgehead atoms. The van der Waals surface area contributed by atoms with E-state index >= 15 is 0 Å². The molecule has 154 valence electrons. The molecule has 1 N–H and O–H groups in total. The van der Waals surface area contributed by atoms with Gasteiger partial charge in [0.25, 0.3) is 5.91 Å². The van der Waals surface area contributed by atoms with Gasteiger partial charge in [0.1, 0.15) is 0 Å². The summed E-state index contributed by atoms with van der Waals surface area (Å²) in [5.74, 6) is -1.06. The van der Waals surface area contributed by atoms with E-state index in [1.54, 1.807) is 0 Å². The molecule has 1 aliphatic heterocycles. The average Bonchev–Trinajstić information content (AvgIpc) is 2.73. The number of nitrogens with zero attached hydrogens (tertiary/aromatic N) is 1. The highest BCUT2D eigenvalue weighted by Crippen LogP contribution is 2.30. The zero-order valence-electron chi connectivity index (χ0n) is 16.1. The minimum atomic E-state index is -4.51. The summed E-state index contributed by atoms with van der Waals surface area (Å²) >= 11 is 0. The van der Waals surface area contributed by atoms with Crippen LogP contribution in [0.5, 0.6) is 0 Å². The van der Waals surface area contributed by atoms with E-state index in [1.807, 2.05) is 31.2 Å². The van der Waals surface area contributed by atoms with Crippen molar-refractivity contribution in [3.8, 4) is 0 Å². The van der Waals surface area contributed by atoms with Crippen molar-refractivity contribution in [1.29, 1.82) is 0 Å². The maximum Gasteiger partial charge on any atom is 0.416 e. The predicted octanol–water partition coefficient (Wildman–Crippen LogP) is 4.76. The highest BCUT2D eigenvalue weighted by atomic mass is 19.4. The first-order valence-corrected chi connectivity index (χ1v) is 9.64. The number of amides is 2. The SMILES string of the molecule is CCc1cccc(NC(=O)[C@H]2CCCN(C(=O)c3cccc(C(F)(F)F)c3)C2)c1. The molecule has 1 saturated heterocycles. The van der Waals surface area contributed by atoms with Crippen LogP contribution in [-0.4, -0.2) is 29.8 Å². The van der Waals surface area contributed by atoms with Gasteiger partial charge in [-0.25, -0.2) is 0 Å². The highest BCUT2D eigenvalue weighted by Gasteiger charge is 2.33. The lowest BCUT2D eigenvalue weighted by Gasteiger charge is -2.32. The van der Waals surface area contributed by atoms with Crippen molar-refractivity contribution in [3.05, 3.63) is 65.2 Å². The molecular weight excluding hydrogens is 381 g/mol. The van der Waals surface area contributed by atoms with Crippen molar-refractivity contribution in [1.82, 2.24) is 4.90 Å². The molecule has 0 aromatic heterocycles. The van der Waals surface area contributed by atoms with Crippen LogP contribution < -0.4 is 5.32 Å². The van der Waals surface area contributed by atoms with Gasteiger partial charge >= 0.3 is 6.18 Å². The Kier molecular flexibility index (Phi) is 6.25. The van der Waals surface area contributed by atoms with Crippen molar-refractivity contribution in [2.75, 3.05) is 18.4 Å². The van der Waals surface area contributed by atoms with Gasteiger partial charge in [0.05, 0.1) is 11.5 Å². The number of rotatable bonds is 4. The molecule has 1 aliphatic rings. The summed E-state index contributed by atoms with van der Waals surface area (Å²) in [4.78, 5) is 26.8. The Bertz CT molecular complexity index is 896. The van der Waals surface area contributed by atoms with Crippen molar-refractivity contribution >= 4 is 17.5 Å². The summed E-state index contributed by atoms with van der Waals surface area (Å²) < 4.78 is 38.8. The summed E-state index contributed by atoms with van der Waals surface area (Å²) in [6.07, 6.45) is -2.40. The number of alkyl halides is 3. The fourth-order valence-corrected chi connectivity index (χ4v) is 3.50. The molecule has 2 aromatic carbocycles. The largest absolute Gasteiger partial charge is 0.416 e. The lowest BCUT2D eigenvalue weighted by Crippen LogP contribution is -2.43. The monoisotopic (exact) mass is 404 g/mol. The van der Waals surface area contributed by atoms with Gasteiger partial charge in [-0.2, -0.15) is 13.2 Å². The van der Waals surface area contributed by atoms with Crippen molar-refractivity contribution < 1.29 is 22.8 Å². The third-order valence-electron chi connectivity index (χ3n) is 5.12. The normalized spacial score (nSPS) is 17.1. The number of hydrogen-bond donors (Lipinski definition) is 1. The molecule has 1 fully saturated rings. The number of benzene rings is 2. The number of hydrogen-bond acceptors (Lipinski definition) is 2. The van der Waals surface area contributed by atoms with E-state index in [1.165, 1.54) is 17.0 Å². The fraction of sp³-hybridized carbons (Fsp3) is 0.364. The van der Waals surface area contributed by atoms with Gasteiger partial charge < -0.3 is 10.2 Å². The topological polar surface area (TPSA) is 49.4 Å². The maximum absolute atomic E-state index is 12.9. The van der Waals surface area contributed by atoms with E-state index in [0.717, 1.165) is 24.1 Å². The molecule has 7 heteroatoms. The molecule has 0 saturated carbocycles. The van der Waals surface area contributed by atoms with Crippen LogP contribution in [0.1, 0.15) is 41.3 Å². The Morgan fingerprint density at radius 2 is 1.90 bits per heavy atom. The van der Waals surface area contributed by atoms with Gasteiger partial charge in [0.15, 0.2) is 0 Å². The molecule has 1 heterocycles. The second kappa shape index (κ2) is 8.68. The van der Waals surface area contributed by atoms with Crippen LogP contribution in [0.4, 0.5) is 18.9 Å². The van der Waals surface area contributed by atoms with Crippen LogP contribution in [0.3, 0.4) is 0 Å². The first-order chi connectivity index (χ1) is 13.8. The number of piperidine rings is 1. The van der Waals surface area contributed by atoms with Crippen LogP contribution >= 0.6 is 0 Å². The molecule has 0 aliphatic carbocycles. The smallest absolute Gasteiger partial charge is 0.338 e. The fourth-order valence-electron chi connectivity index (χ4n) is 3.50. The van der Waals surface area contributed by atoms with E-state index in [4.69, 9.17) is 0 Å². The zero-order chi connectivity index (χ0) is 21.0. The van der Waals surface area contributed by atoms with Crippen molar-refractivity contribution in [2.45, 2.75) is 32.4 Å². The Hall–Kier alpha value is -2.83. The minimum absolute atomic E-state index is 0.0171. The molecule has 0 unspecified atom stereocenters. The van der Waals surface area contributed by atoms with E-state index in [0.29, 0.717) is 25.1 Å². The molecule has 2 aromatic rings. The van der Waals surface area contributed by atoms with E-state index in [2.05, 4.69) is 5.32 Å². The molecule has 0 radical (unpaired) electrons. The molecule has 3 rings (SSSR count). The second-order valence-corrected chi connectivity index (χ2v) is 7.21. The lowest BCUT2D eigenvalue weighted by molar-refractivity contribution is -0.137. The van der Waals surface area contributed by atoms with Gasteiger partial charge in [-0.1, -0.05) is 25.1 Å². The van der Waals surface area contributed by atoms with Crippen LogP contribution in [-0.2, 0) is 17.4 Å². The first-order valence-electron chi connectivity index (χ1n) is 9.64. The van der Waals surface area contributed by atoms with Crippen molar-refractivity contribution in [3.63, 3.8) is 0 Å². The van der Waals surface area contributed by atoms with Gasteiger partial charge in [-0.15, -0.1) is 0 Å².